The first-order valence-corrected chi connectivity index (χ1v) is 6.70. The predicted molar refractivity (Wildman–Crippen MR) is 75.7 cm³/mol. The lowest BCUT2D eigenvalue weighted by atomic mass is 9.73. The molecule has 0 nitrogen and oxygen atoms in total. The van der Waals surface area contributed by atoms with Gasteiger partial charge in [-0.2, -0.15) is 0 Å². The minimum Gasteiger partial charge on any atom is -0.0774 e. The van der Waals surface area contributed by atoms with Crippen molar-refractivity contribution in [2.45, 2.75) is 25.2 Å². The molecule has 2 aliphatic rings. The van der Waals surface area contributed by atoms with E-state index in [9.17, 15) is 0 Å². The molecular formula is C18H16. The molecule has 0 spiro atoms. The fourth-order valence-electron chi connectivity index (χ4n) is 3.67. The van der Waals surface area contributed by atoms with Crippen molar-refractivity contribution in [1.29, 1.82) is 0 Å². The largest absolute Gasteiger partial charge is 0.0774 e. The number of fused-ring (bicyclic) bond motifs is 6. The average molecular weight is 232 g/mol. The van der Waals surface area contributed by atoms with Crippen LogP contribution in [0.25, 0.3) is 11.1 Å². The molecule has 2 aromatic carbocycles. The number of hydrogen-bond donors (Lipinski definition) is 0. The molecule has 0 heteroatoms. The zero-order valence-corrected chi connectivity index (χ0v) is 10.6. The lowest BCUT2D eigenvalue weighted by molar-refractivity contribution is 0.651. The normalized spacial score (nSPS) is 23.9. The Bertz CT molecular complexity index is 649. The van der Waals surface area contributed by atoms with Crippen LogP contribution < -0.4 is 0 Å². The van der Waals surface area contributed by atoms with Crippen molar-refractivity contribution in [3.63, 3.8) is 0 Å². The van der Waals surface area contributed by atoms with E-state index in [1.54, 1.807) is 0 Å². The van der Waals surface area contributed by atoms with Gasteiger partial charge in [0.2, 0.25) is 0 Å². The minimum atomic E-state index is 0.594. The van der Waals surface area contributed by atoms with E-state index in [1.807, 2.05) is 0 Å². The Morgan fingerprint density at radius 1 is 0.833 bits per heavy atom. The van der Waals surface area contributed by atoms with Gasteiger partial charge in [-0.05, 0) is 41.5 Å². The summed E-state index contributed by atoms with van der Waals surface area (Å²) in [7, 11) is 0. The second-order valence-electron chi connectivity index (χ2n) is 5.52. The molecular weight excluding hydrogens is 216 g/mol. The molecule has 0 aliphatic heterocycles. The molecule has 0 bridgehead atoms. The summed E-state index contributed by atoms with van der Waals surface area (Å²) < 4.78 is 0. The molecule has 0 fully saturated rings. The van der Waals surface area contributed by atoms with Crippen molar-refractivity contribution in [2.24, 2.45) is 0 Å². The van der Waals surface area contributed by atoms with E-state index in [0.29, 0.717) is 11.8 Å². The van der Waals surface area contributed by atoms with Crippen LogP contribution in [0.1, 0.15) is 36.3 Å². The van der Waals surface area contributed by atoms with E-state index >= 15 is 0 Å². The highest BCUT2D eigenvalue weighted by atomic mass is 14.4. The van der Waals surface area contributed by atoms with Gasteiger partial charge in [0.1, 0.15) is 0 Å². The van der Waals surface area contributed by atoms with E-state index < -0.39 is 0 Å². The molecule has 2 unspecified atom stereocenters. The summed E-state index contributed by atoms with van der Waals surface area (Å²) in [5.74, 6) is 1.26. The van der Waals surface area contributed by atoms with Gasteiger partial charge in [-0.1, -0.05) is 60.2 Å². The standard InChI is InChI=1S/C18H16/c1-12-10-17-15-8-4-2-6-13(15)14-7-3-5-9-16(14)18(17)11-12/h2-10,17-18H,11H2,1H3. The van der Waals surface area contributed by atoms with Crippen molar-refractivity contribution in [2.75, 3.05) is 0 Å². The summed E-state index contributed by atoms with van der Waals surface area (Å²) in [6.45, 7) is 2.27. The molecule has 0 radical (unpaired) electrons. The molecule has 0 aromatic heterocycles. The van der Waals surface area contributed by atoms with Crippen LogP contribution in [0, 0.1) is 0 Å². The van der Waals surface area contributed by atoms with Gasteiger partial charge in [0.05, 0.1) is 0 Å². The Balaban J connectivity index is 2.04. The topological polar surface area (TPSA) is 0 Å². The van der Waals surface area contributed by atoms with Crippen molar-refractivity contribution >= 4 is 0 Å². The molecule has 0 heterocycles. The van der Waals surface area contributed by atoms with Gasteiger partial charge >= 0.3 is 0 Å². The maximum Gasteiger partial charge on any atom is 0.00987 e. The first kappa shape index (κ1) is 10.1. The first-order chi connectivity index (χ1) is 8.84. The zero-order valence-electron chi connectivity index (χ0n) is 10.6. The van der Waals surface area contributed by atoms with Gasteiger partial charge in [-0.3, -0.25) is 0 Å². The highest BCUT2D eigenvalue weighted by Gasteiger charge is 2.35. The summed E-state index contributed by atoms with van der Waals surface area (Å²) >= 11 is 0. The molecule has 2 aliphatic carbocycles. The third-order valence-corrected chi connectivity index (χ3v) is 4.41. The zero-order chi connectivity index (χ0) is 12.1. The van der Waals surface area contributed by atoms with Gasteiger partial charge < -0.3 is 0 Å². The van der Waals surface area contributed by atoms with E-state index in [2.05, 4.69) is 61.5 Å². The van der Waals surface area contributed by atoms with Crippen LogP contribution in [0.2, 0.25) is 0 Å². The fraction of sp³-hybridized carbons (Fsp3) is 0.222. The lowest BCUT2D eigenvalue weighted by Gasteiger charge is -2.30. The van der Waals surface area contributed by atoms with Crippen molar-refractivity contribution < 1.29 is 0 Å². The van der Waals surface area contributed by atoms with Gasteiger partial charge in [0.25, 0.3) is 0 Å². The third-order valence-electron chi connectivity index (χ3n) is 4.41. The molecule has 0 saturated heterocycles. The van der Waals surface area contributed by atoms with Crippen LogP contribution >= 0.6 is 0 Å². The Morgan fingerprint density at radius 2 is 1.44 bits per heavy atom. The molecule has 4 rings (SSSR count). The number of benzene rings is 2. The van der Waals surface area contributed by atoms with Crippen LogP contribution in [-0.2, 0) is 0 Å². The summed E-state index contributed by atoms with van der Waals surface area (Å²) in [4.78, 5) is 0. The molecule has 0 saturated carbocycles. The minimum absolute atomic E-state index is 0.594. The van der Waals surface area contributed by atoms with Crippen molar-refractivity contribution in [1.82, 2.24) is 0 Å². The average Bonchev–Trinajstić information content (AvgIpc) is 2.81. The van der Waals surface area contributed by atoms with E-state index in [0.717, 1.165) is 0 Å². The van der Waals surface area contributed by atoms with Gasteiger partial charge in [0, 0.05) is 5.92 Å². The summed E-state index contributed by atoms with van der Waals surface area (Å²) in [6, 6.07) is 17.8. The number of hydrogen-bond acceptors (Lipinski definition) is 0. The first-order valence-electron chi connectivity index (χ1n) is 6.70. The lowest BCUT2D eigenvalue weighted by Crippen LogP contribution is -2.12. The second kappa shape index (κ2) is 3.58. The summed E-state index contributed by atoms with van der Waals surface area (Å²) in [6.07, 6.45) is 3.69. The van der Waals surface area contributed by atoms with Crippen molar-refractivity contribution in [3.8, 4) is 11.1 Å². The van der Waals surface area contributed by atoms with Crippen LogP contribution in [0.3, 0.4) is 0 Å². The number of allylic oxidation sites excluding steroid dienone is 2. The number of rotatable bonds is 0. The molecule has 0 N–H and O–H groups in total. The predicted octanol–water partition coefficient (Wildman–Crippen LogP) is 4.88. The summed E-state index contributed by atoms with van der Waals surface area (Å²) in [5.41, 5.74) is 7.46. The highest BCUT2D eigenvalue weighted by molar-refractivity contribution is 5.76. The van der Waals surface area contributed by atoms with Crippen LogP contribution in [0.4, 0.5) is 0 Å². The smallest absolute Gasteiger partial charge is 0.00987 e. The highest BCUT2D eigenvalue weighted by Crippen LogP contribution is 2.53. The molecule has 18 heavy (non-hydrogen) atoms. The van der Waals surface area contributed by atoms with E-state index in [1.165, 1.54) is 34.2 Å². The van der Waals surface area contributed by atoms with Crippen LogP contribution in [0.15, 0.2) is 60.2 Å². The van der Waals surface area contributed by atoms with Gasteiger partial charge in [-0.25, -0.2) is 0 Å². The molecule has 2 atom stereocenters. The SMILES string of the molecule is CC1=CC2c3ccccc3-c3ccccc3C2C1. The maximum atomic E-state index is 2.47. The van der Waals surface area contributed by atoms with E-state index in [-0.39, 0.29) is 0 Å². The van der Waals surface area contributed by atoms with Gasteiger partial charge in [0.15, 0.2) is 0 Å². The molecule has 2 aromatic rings. The Hall–Kier alpha value is -1.82. The molecule has 88 valence electrons. The molecule has 0 amide bonds. The third kappa shape index (κ3) is 1.26. The second-order valence-corrected chi connectivity index (χ2v) is 5.52. The van der Waals surface area contributed by atoms with Gasteiger partial charge in [-0.15, -0.1) is 0 Å². The maximum absolute atomic E-state index is 2.47. The monoisotopic (exact) mass is 232 g/mol. The van der Waals surface area contributed by atoms with Crippen LogP contribution in [0.5, 0.6) is 0 Å². The quantitative estimate of drug-likeness (QED) is 0.568. The van der Waals surface area contributed by atoms with Crippen LogP contribution in [-0.4, -0.2) is 0 Å². The summed E-state index contributed by atoms with van der Waals surface area (Å²) in [5, 5.41) is 0. The Morgan fingerprint density at radius 3 is 2.22 bits per heavy atom. The fourth-order valence-corrected chi connectivity index (χ4v) is 3.67. The Labute approximate surface area is 108 Å². The van der Waals surface area contributed by atoms with E-state index in [4.69, 9.17) is 0 Å². The Kier molecular flexibility index (Phi) is 2.02. The van der Waals surface area contributed by atoms with Crippen molar-refractivity contribution in [3.05, 3.63) is 71.3 Å².